The summed E-state index contributed by atoms with van der Waals surface area (Å²) in [6.07, 6.45) is 2.80. The van der Waals surface area contributed by atoms with Crippen molar-refractivity contribution in [2.75, 3.05) is 17.6 Å². The van der Waals surface area contributed by atoms with Crippen molar-refractivity contribution in [3.63, 3.8) is 0 Å². The van der Waals surface area contributed by atoms with Crippen molar-refractivity contribution >= 4 is 40.8 Å². The Morgan fingerprint density at radius 3 is 2.62 bits per heavy atom. The second-order valence-electron chi connectivity index (χ2n) is 6.38. The maximum absolute atomic E-state index is 12.9. The average Bonchev–Trinajstić information content (AvgIpc) is 3.15. The number of hydrogen-bond acceptors (Lipinski definition) is 6. The Morgan fingerprint density at radius 1 is 1.14 bits per heavy atom. The third-order valence-corrected chi connectivity index (χ3v) is 5.28. The number of H-pyrrole nitrogens is 1. The van der Waals surface area contributed by atoms with Crippen molar-refractivity contribution in [2.24, 2.45) is 0 Å². The average molecular weight is 412 g/mol. The highest BCUT2D eigenvalue weighted by atomic mass is 32.2. The van der Waals surface area contributed by atoms with Crippen molar-refractivity contribution in [3.05, 3.63) is 58.3 Å². The number of ketones is 2. The minimum Gasteiger partial charge on any atom is -0.356 e. The van der Waals surface area contributed by atoms with Gasteiger partial charge < -0.3 is 10.6 Å². The van der Waals surface area contributed by atoms with E-state index in [1.54, 1.807) is 24.3 Å². The lowest BCUT2D eigenvalue weighted by atomic mass is 9.99. The summed E-state index contributed by atoms with van der Waals surface area (Å²) < 4.78 is 0. The number of nitrogens with one attached hydrogen (secondary N) is 3. The van der Waals surface area contributed by atoms with Gasteiger partial charge in [-0.15, -0.1) is 11.8 Å². The predicted molar refractivity (Wildman–Crippen MR) is 110 cm³/mol. The van der Waals surface area contributed by atoms with Crippen LogP contribution < -0.4 is 10.6 Å². The number of rotatable bonds is 8. The maximum atomic E-state index is 12.9. The number of amides is 2. The van der Waals surface area contributed by atoms with Crippen LogP contribution in [-0.2, 0) is 4.79 Å². The zero-order valence-corrected chi connectivity index (χ0v) is 16.6. The van der Waals surface area contributed by atoms with Crippen LogP contribution in [0.25, 0.3) is 0 Å². The fourth-order valence-electron chi connectivity index (χ4n) is 2.78. The van der Waals surface area contributed by atoms with Gasteiger partial charge >= 0.3 is 0 Å². The number of fused-ring (bicyclic) bond motifs is 1. The van der Waals surface area contributed by atoms with Crippen molar-refractivity contribution in [2.45, 2.75) is 19.8 Å². The van der Waals surface area contributed by atoms with E-state index in [-0.39, 0.29) is 27.8 Å². The lowest BCUT2D eigenvalue weighted by Gasteiger charge is -2.12. The van der Waals surface area contributed by atoms with Gasteiger partial charge in [0.15, 0.2) is 0 Å². The molecule has 1 heterocycles. The molecule has 0 radical (unpaired) electrons. The monoisotopic (exact) mass is 412 g/mol. The highest BCUT2D eigenvalue weighted by Crippen LogP contribution is 2.30. The van der Waals surface area contributed by atoms with Gasteiger partial charge in [-0.1, -0.05) is 18.2 Å². The van der Waals surface area contributed by atoms with E-state index < -0.39 is 17.5 Å². The van der Waals surface area contributed by atoms with Crippen LogP contribution in [0.2, 0.25) is 0 Å². The molecule has 3 N–H and O–H groups in total. The van der Waals surface area contributed by atoms with Gasteiger partial charge in [-0.2, -0.15) is 5.10 Å². The third kappa shape index (κ3) is 5.00. The number of anilines is 1. The molecule has 8 nitrogen and oxygen atoms in total. The van der Waals surface area contributed by atoms with E-state index in [2.05, 4.69) is 20.8 Å². The summed E-state index contributed by atoms with van der Waals surface area (Å²) in [7, 11) is 0. The summed E-state index contributed by atoms with van der Waals surface area (Å²) in [5.41, 5.74) is 0.508. The normalized spacial score (nSPS) is 12.9. The van der Waals surface area contributed by atoms with Gasteiger partial charge in [-0.05, 0) is 30.7 Å². The first-order chi connectivity index (χ1) is 14.0. The molecule has 2 aromatic rings. The molecule has 1 aliphatic rings. The smallest absolute Gasteiger partial charge is 0.274 e. The van der Waals surface area contributed by atoms with Crippen LogP contribution in [-0.4, -0.2) is 45.9 Å². The Bertz CT molecular complexity index is 982. The van der Waals surface area contributed by atoms with Crippen LogP contribution in [0.15, 0.2) is 41.3 Å². The number of allylic oxidation sites excluding steroid dienone is 2. The lowest BCUT2D eigenvalue weighted by molar-refractivity contribution is -0.118. The molecule has 0 saturated heterocycles. The van der Waals surface area contributed by atoms with Gasteiger partial charge in [-0.25, -0.2) is 0 Å². The van der Waals surface area contributed by atoms with E-state index in [4.69, 9.17) is 0 Å². The number of nitrogens with zero attached hydrogens (tertiary/aromatic N) is 1. The van der Waals surface area contributed by atoms with Gasteiger partial charge in [-0.3, -0.25) is 24.3 Å². The SMILES string of the molecule is CC(=O)NCCCCSC1=CC(=O)c2n[nH]c(C(=O)Nc3ccccc3)c2C1=O. The number of hydrogen-bond donors (Lipinski definition) is 3. The standard InChI is InChI=1S/C20H20N4O4S/c1-12(25)21-9-5-6-10-29-15-11-14(26)17-16(19(15)27)18(24-23-17)20(28)22-13-7-3-2-4-8-13/h2-4,7-8,11H,5-6,9-10H2,1H3,(H,21,25)(H,22,28)(H,23,24). The molecule has 0 bridgehead atoms. The molecule has 0 unspecified atom stereocenters. The van der Waals surface area contributed by atoms with E-state index in [9.17, 15) is 19.2 Å². The molecule has 0 aliphatic heterocycles. The third-order valence-electron chi connectivity index (χ3n) is 4.17. The summed E-state index contributed by atoms with van der Waals surface area (Å²) in [4.78, 5) is 48.9. The summed E-state index contributed by atoms with van der Waals surface area (Å²) in [5, 5.41) is 11.8. The molecule has 1 aromatic heterocycles. The Labute approximate surface area is 171 Å². The van der Waals surface area contributed by atoms with E-state index in [1.807, 2.05) is 6.07 Å². The lowest BCUT2D eigenvalue weighted by Crippen LogP contribution is -2.21. The van der Waals surface area contributed by atoms with Gasteiger partial charge in [0.2, 0.25) is 17.5 Å². The number of aromatic amines is 1. The number of benzene rings is 1. The predicted octanol–water partition coefficient (Wildman–Crippen LogP) is 2.57. The minimum absolute atomic E-state index is 0.00618. The van der Waals surface area contributed by atoms with E-state index in [1.165, 1.54) is 24.8 Å². The Morgan fingerprint density at radius 2 is 1.90 bits per heavy atom. The van der Waals surface area contributed by atoms with Crippen molar-refractivity contribution in [1.29, 1.82) is 0 Å². The fourth-order valence-corrected chi connectivity index (χ4v) is 3.77. The van der Waals surface area contributed by atoms with E-state index >= 15 is 0 Å². The number of para-hydroxylation sites is 1. The van der Waals surface area contributed by atoms with Gasteiger partial charge in [0, 0.05) is 25.2 Å². The van der Waals surface area contributed by atoms with E-state index in [0.717, 1.165) is 12.8 Å². The highest BCUT2D eigenvalue weighted by molar-refractivity contribution is 8.04. The molecule has 150 valence electrons. The van der Waals surface area contributed by atoms with Crippen LogP contribution in [0.5, 0.6) is 0 Å². The first-order valence-corrected chi connectivity index (χ1v) is 10.1. The van der Waals surface area contributed by atoms with Crippen LogP contribution in [0.1, 0.15) is 51.1 Å². The zero-order chi connectivity index (χ0) is 20.8. The van der Waals surface area contributed by atoms with E-state index in [0.29, 0.717) is 18.0 Å². The molecule has 3 rings (SSSR count). The van der Waals surface area contributed by atoms with Crippen LogP contribution in [0, 0.1) is 0 Å². The molecule has 0 fully saturated rings. The molecule has 1 aromatic carbocycles. The summed E-state index contributed by atoms with van der Waals surface area (Å²) >= 11 is 1.26. The fraction of sp³-hybridized carbons (Fsp3) is 0.250. The Hall–Kier alpha value is -3.20. The molecular formula is C20H20N4O4S. The molecule has 29 heavy (non-hydrogen) atoms. The first kappa shape index (κ1) is 20.5. The molecule has 2 amide bonds. The molecule has 0 saturated carbocycles. The largest absolute Gasteiger partial charge is 0.356 e. The molecule has 0 spiro atoms. The van der Waals surface area contributed by atoms with Gasteiger partial charge in [0.1, 0.15) is 11.4 Å². The van der Waals surface area contributed by atoms with Crippen molar-refractivity contribution in [3.8, 4) is 0 Å². The van der Waals surface area contributed by atoms with Crippen molar-refractivity contribution in [1.82, 2.24) is 15.5 Å². The second-order valence-corrected chi connectivity index (χ2v) is 7.52. The summed E-state index contributed by atoms with van der Waals surface area (Å²) in [5.74, 6) is -0.799. The number of carbonyl (C=O) groups is 4. The number of Topliss-reactive ketones (excluding diaryl/α,β-unsaturated/α-hetero) is 1. The Kier molecular flexibility index (Phi) is 6.61. The number of carbonyl (C=O) groups excluding carboxylic acids is 4. The van der Waals surface area contributed by atoms with Gasteiger partial charge in [0.25, 0.3) is 5.91 Å². The topological polar surface area (TPSA) is 121 Å². The highest BCUT2D eigenvalue weighted by Gasteiger charge is 2.33. The molecule has 0 atom stereocenters. The van der Waals surface area contributed by atoms with Crippen LogP contribution in [0.3, 0.4) is 0 Å². The number of thioether (sulfide) groups is 1. The quantitative estimate of drug-likeness (QED) is 0.573. The van der Waals surface area contributed by atoms with Gasteiger partial charge in [0.05, 0.1) is 10.5 Å². The second kappa shape index (κ2) is 9.33. The van der Waals surface area contributed by atoms with Crippen LogP contribution >= 0.6 is 11.8 Å². The molecule has 9 heteroatoms. The summed E-state index contributed by atoms with van der Waals surface area (Å²) in [6, 6.07) is 8.80. The first-order valence-electron chi connectivity index (χ1n) is 9.10. The summed E-state index contributed by atoms with van der Waals surface area (Å²) in [6.45, 7) is 2.03. The van der Waals surface area contributed by atoms with Crippen LogP contribution in [0.4, 0.5) is 5.69 Å². The molecular weight excluding hydrogens is 392 g/mol. The molecule has 1 aliphatic carbocycles. The maximum Gasteiger partial charge on any atom is 0.274 e. The minimum atomic E-state index is -0.535. The van der Waals surface area contributed by atoms with Crippen molar-refractivity contribution < 1.29 is 19.2 Å². The Balaban J connectivity index is 1.66. The number of aromatic nitrogens is 2. The zero-order valence-electron chi connectivity index (χ0n) is 15.8. The number of unbranched alkanes of at least 4 members (excludes halogenated alkanes) is 1.